The quantitative estimate of drug-likeness (QED) is 0.645. The van der Waals surface area contributed by atoms with Crippen molar-refractivity contribution in [1.82, 2.24) is 13.9 Å². The average Bonchev–Trinajstić information content (AvgIpc) is 3.16. The van der Waals surface area contributed by atoms with Gasteiger partial charge in [-0.25, -0.2) is 0 Å². The van der Waals surface area contributed by atoms with Gasteiger partial charge < -0.3 is 4.74 Å². The number of methoxy groups -OCH3 is 1. The van der Waals surface area contributed by atoms with E-state index in [0.717, 1.165) is 19.5 Å². The highest BCUT2D eigenvalue weighted by Gasteiger charge is 2.36. The van der Waals surface area contributed by atoms with Crippen LogP contribution in [0.5, 0.6) is 0 Å². The van der Waals surface area contributed by atoms with E-state index in [1.54, 1.807) is 0 Å². The fraction of sp³-hybridized carbons (Fsp3) is 0.917. The molecule has 0 amide bonds. The third-order valence-corrected chi connectivity index (χ3v) is 5.50. The number of nitrogens with zero attached hydrogens (tertiary/aromatic N) is 2. The number of carbonyl (C=O) groups excluding carboxylic acids is 1. The van der Waals surface area contributed by atoms with Crippen molar-refractivity contribution in [3.05, 3.63) is 0 Å². The average molecular weight is 305 g/mol. The van der Waals surface area contributed by atoms with E-state index in [9.17, 15) is 13.2 Å². The first-order chi connectivity index (χ1) is 9.42. The lowest BCUT2D eigenvalue weighted by Gasteiger charge is -2.21. The summed E-state index contributed by atoms with van der Waals surface area (Å²) in [6, 6.07) is 0.641. The Hall–Kier alpha value is -0.700. The third-order valence-electron chi connectivity index (χ3n) is 3.87. The summed E-state index contributed by atoms with van der Waals surface area (Å²) in [4.78, 5) is 13.4. The molecule has 116 valence electrons. The Morgan fingerprint density at radius 3 is 2.70 bits per heavy atom. The second-order valence-corrected chi connectivity index (χ2v) is 7.29. The topological polar surface area (TPSA) is 78.9 Å². The Kier molecular flexibility index (Phi) is 5.00. The molecule has 1 atom stereocenters. The van der Waals surface area contributed by atoms with Crippen LogP contribution in [-0.4, -0.2) is 69.5 Å². The standard InChI is InChI=1S/C12H23N3O4S/c1-14(7-6-12(16)19-2)20(17,18)13-10-5-8-15(9-10)11-3-4-11/h10-11,13H,3-9H2,1-2H3. The van der Waals surface area contributed by atoms with Gasteiger partial charge in [-0.2, -0.15) is 17.4 Å². The normalized spacial score (nSPS) is 24.2. The molecule has 1 aliphatic carbocycles. The molecular weight excluding hydrogens is 282 g/mol. The summed E-state index contributed by atoms with van der Waals surface area (Å²) in [6.07, 6.45) is 3.38. The molecule has 1 saturated carbocycles. The van der Waals surface area contributed by atoms with Crippen molar-refractivity contribution in [2.75, 3.05) is 33.8 Å². The maximum atomic E-state index is 12.1. The Morgan fingerprint density at radius 1 is 1.40 bits per heavy atom. The monoisotopic (exact) mass is 305 g/mol. The van der Waals surface area contributed by atoms with E-state index < -0.39 is 16.2 Å². The number of likely N-dealkylation sites (tertiary alicyclic amines) is 1. The summed E-state index contributed by atoms with van der Waals surface area (Å²) in [7, 11) is -0.765. The van der Waals surface area contributed by atoms with Crippen LogP contribution in [0.3, 0.4) is 0 Å². The van der Waals surface area contributed by atoms with Gasteiger partial charge >= 0.3 is 5.97 Å². The Bertz CT molecular complexity index is 450. The van der Waals surface area contributed by atoms with Gasteiger partial charge in [0.05, 0.1) is 13.5 Å². The predicted molar refractivity (Wildman–Crippen MR) is 74.3 cm³/mol. The van der Waals surface area contributed by atoms with Gasteiger partial charge in [0, 0.05) is 38.8 Å². The first-order valence-corrected chi connectivity index (χ1v) is 8.41. The van der Waals surface area contributed by atoms with Crippen molar-refractivity contribution < 1.29 is 17.9 Å². The summed E-state index contributed by atoms with van der Waals surface area (Å²) in [5.41, 5.74) is 0. The first-order valence-electron chi connectivity index (χ1n) is 6.97. The summed E-state index contributed by atoms with van der Waals surface area (Å²) in [5, 5.41) is 0. The molecule has 0 aromatic heterocycles. The fourth-order valence-corrected chi connectivity index (χ4v) is 3.55. The third kappa shape index (κ3) is 4.15. The lowest BCUT2D eigenvalue weighted by Crippen LogP contribution is -2.45. The van der Waals surface area contributed by atoms with Crippen LogP contribution in [0.4, 0.5) is 0 Å². The summed E-state index contributed by atoms with van der Waals surface area (Å²) >= 11 is 0. The van der Waals surface area contributed by atoms with Crippen LogP contribution < -0.4 is 4.72 Å². The molecule has 2 rings (SSSR count). The highest BCUT2D eigenvalue weighted by Crippen LogP contribution is 2.29. The molecule has 8 heteroatoms. The van der Waals surface area contributed by atoms with Gasteiger partial charge in [-0.15, -0.1) is 0 Å². The number of hydrogen-bond donors (Lipinski definition) is 1. The number of hydrogen-bond acceptors (Lipinski definition) is 5. The first kappa shape index (κ1) is 15.7. The van der Waals surface area contributed by atoms with Gasteiger partial charge in [0.1, 0.15) is 0 Å². The molecule has 0 spiro atoms. The van der Waals surface area contributed by atoms with Gasteiger partial charge in [0.25, 0.3) is 10.2 Å². The van der Waals surface area contributed by atoms with Gasteiger partial charge in [-0.05, 0) is 19.3 Å². The Morgan fingerprint density at radius 2 is 2.10 bits per heavy atom. The molecule has 20 heavy (non-hydrogen) atoms. The van der Waals surface area contributed by atoms with Crippen molar-refractivity contribution >= 4 is 16.2 Å². The second kappa shape index (κ2) is 6.38. The van der Waals surface area contributed by atoms with E-state index in [0.29, 0.717) is 6.04 Å². The minimum absolute atomic E-state index is 0.0267. The maximum Gasteiger partial charge on any atom is 0.306 e. The van der Waals surface area contributed by atoms with Crippen LogP contribution >= 0.6 is 0 Å². The molecule has 1 N–H and O–H groups in total. The van der Waals surface area contributed by atoms with Crippen molar-refractivity contribution in [3.63, 3.8) is 0 Å². The van der Waals surface area contributed by atoms with E-state index in [4.69, 9.17) is 0 Å². The SMILES string of the molecule is COC(=O)CCN(C)S(=O)(=O)NC1CCN(C2CC2)C1. The van der Waals surface area contributed by atoms with Crippen LogP contribution in [0.15, 0.2) is 0 Å². The van der Waals surface area contributed by atoms with E-state index in [1.807, 2.05) is 0 Å². The zero-order valence-corrected chi connectivity index (χ0v) is 12.9. The highest BCUT2D eigenvalue weighted by atomic mass is 32.2. The van der Waals surface area contributed by atoms with Crippen molar-refractivity contribution in [3.8, 4) is 0 Å². The van der Waals surface area contributed by atoms with Gasteiger partial charge in [-0.3, -0.25) is 9.69 Å². The van der Waals surface area contributed by atoms with Crippen LogP contribution in [0.1, 0.15) is 25.7 Å². The minimum Gasteiger partial charge on any atom is -0.469 e. The zero-order valence-electron chi connectivity index (χ0n) is 12.0. The van der Waals surface area contributed by atoms with Gasteiger partial charge in [0.15, 0.2) is 0 Å². The molecule has 0 aromatic carbocycles. The molecule has 0 radical (unpaired) electrons. The molecule has 1 unspecified atom stereocenters. The van der Waals surface area contributed by atoms with Crippen LogP contribution in [0.2, 0.25) is 0 Å². The lowest BCUT2D eigenvalue weighted by molar-refractivity contribution is -0.140. The van der Waals surface area contributed by atoms with Crippen LogP contribution in [-0.2, 0) is 19.7 Å². The molecule has 2 fully saturated rings. The number of nitrogens with one attached hydrogen (secondary N) is 1. The maximum absolute atomic E-state index is 12.1. The van der Waals surface area contributed by atoms with Crippen molar-refractivity contribution in [2.24, 2.45) is 0 Å². The number of ether oxygens (including phenoxy) is 1. The molecular formula is C12H23N3O4S. The highest BCUT2D eigenvalue weighted by molar-refractivity contribution is 7.87. The van der Waals surface area contributed by atoms with Crippen molar-refractivity contribution in [1.29, 1.82) is 0 Å². The molecule has 1 aliphatic heterocycles. The smallest absolute Gasteiger partial charge is 0.306 e. The summed E-state index contributed by atoms with van der Waals surface area (Å²) in [6.45, 7) is 1.87. The summed E-state index contributed by atoms with van der Waals surface area (Å²) < 4.78 is 32.6. The number of carbonyl (C=O) groups is 1. The molecule has 0 aromatic rings. The zero-order chi connectivity index (χ0) is 14.8. The largest absolute Gasteiger partial charge is 0.469 e. The van der Waals surface area contributed by atoms with Crippen LogP contribution in [0, 0.1) is 0 Å². The Labute approximate surface area is 120 Å². The molecule has 1 saturated heterocycles. The molecule has 0 bridgehead atoms. The lowest BCUT2D eigenvalue weighted by atomic mass is 10.3. The summed E-state index contributed by atoms with van der Waals surface area (Å²) in [5.74, 6) is -0.409. The van der Waals surface area contributed by atoms with E-state index in [-0.39, 0.29) is 19.0 Å². The second-order valence-electron chi connectivity index (χ2n) is 5.48. The van der Waals surface area contributed by atoms with Gasteiger partial charge in [-0.1, -0.05) is 0 Å². The van der Waals surface area contributed by atoms with E-state index in [2.05, 4.69) is 14.4 Å². The van der Waals surface area contributed by atoms with Crippen LogP contribution in [0.25, 0.3) is 0 Å². The predicted octanol–water partition coefficient (Wildman–Crippen LogP) is -0.448. The number of esters is 1. The number of rotatable bonds is 7. The van der Waals surface area contributed by atoms with Gasteiger partial charge in [0.2, 0.25) is 0 Å². The molecule has 1 heterocycles. The molecule has 7 nitrogen and oxygen atoms in total. The Balaban J connectivity index is 1.79. The minimum atomic E-state index is -3.53. The van der Waals surface area contributed by atoms with E-state index in [1.165, 1.54) is 31.3 Å². The molecule has 2 aliphatic rings. The van der Waals surface area contributed by atoms with Crippen molar-refractivity contribution in [2.45, 2.75) is 37.8 Å². The van der Waals surface area contributed by atoms with E-state index >= 15 is 0 Å². The fourth-order valence-electron chi connectivity index (χ4n) is 2.43.